The minimum Gasteiger partial charge on any atom is -0.462 e. The highest BCUT2D eigenvalue weighted by molar-refractivity contribution is 7.13. The first-order chi connectivity index (χ1) is 14.0. The highest BCUT2D eigenvalue weighted by Gasteiger charge is 2.19. The van der Waals surface area contributed by atoms with Crippen molar-refractivity contribution in [3.8, 4) is 0 Å². The molecule has 10 nitrogen and oxygen atoms in total. The van der Waals surface area contributed by atoms with E-state index in [9.17, 15) is 14.4 Å². The zero-order valence-corrected chi connectivity index (χ0v) is 16.9. The number of hydrazine groups is 1. The molecular formula is C18H21N5O5S. The number of nitrogens with one attached hydrogen (secondary N) is 2. The van der Waals surface area contributed by atoms with E-state index in [-0.39, 0.29) is 23.6 Å². The summed E-state index contributed by atoms with van der Waals surface area (Å²) in [5.74, 6) is -1.65. The molecule has 3 heterocycles. The quantitative estimate of drug-likeness (QED) is 0.542. The fourth-order valence-corrected chi connectivity index (χ4v) is 3.48. The van der Waals surface area contributed by atoms with Gasteiger partial charge in [0.15, 0.2) is 5.13 Å². The van der Waals surface area contributed by atoms with Crippen LogP contribution in [0.25, 0.3) is 0 Å². The average molecular weight is 419 g/mol. The summed E-state index contributed by atoms with van der Waals surface area (Å²) in [7, 11) is 0. The molecule has 3 rings (SSSR count). The predicted octanol–water partition coefficient (Wildman–Crippen LogP) is 0.935. The molecule has 154 valence electrons. The Kier molecular flexibility index (Phi) is 6.73. The molecule has 0 aliphatic carbocycles. The fraction of sp³-hybridized carbons (Fsp3) is 0.389. The molecule has 1 aliphatic rings. The third-order valence-corrected chi connectivity index (χ3v) is 5.01. The molecular weight excluding hydrogens is 398 g/mol. The topological polar surface area (TPSA) is 123 Å². The van der Waals surface area contributed by atoms with Gasteiger partial charge in [0.2, 0.25) is 0 Å². The number of anilines is 1. The van der Waals surface area contributed by atoms with Crippen LogP contribution in [0.1, 0.15) is 44.0 Å². The molecule has 2 amide bonds. The number of ether oxygens (including phenoxy) is 2. The summed E-state index contributed by atoms with van der Waals surface area (Å²) in [4.78, 5) is 46.7. The van der Waals surface area contributed by atoms with E-state index in [1.54, 1.807) is 19.2 Å². The number of pyridine rings is 1. The van der Waals surface area contributed by atoms with Gasteiger partial charge in [-0.05, 0) is 26.0 Å². The lowest BCUT2D eigenvalue weighted by Gasteiger charge is -2.25. The Balaban J connectivity index is 1.57. The van der Waals surface area contributed by atoms with Gasteiger partial charge < -0.3 is 14.4 Å². The van der Waals surface area contributed by atoms with Crippen molar-refractivity contribution in [3.63, 3.8) is 0 Å². The van der Waals surface area contributed by atoms with Crippen molar-refractivity contribution >= 4 is 34.3 Å². The van der Waals surface area contributed by atoms with Crippen molar-refractivity contribution in [2.45, 2.75) is 13.8 Å². The lowest BCUT2D eigenvalue weighted by Crippen LogP contribution is -2.42. The number of carbonyl (C=O) groups excluding carboxylic acids is 3. The largest absolute Gasteiger partial charge is 0.462 e. The second-order valence-electron chi connectivity index (χ2n) is 6.07. The molecule has 0 spiro atoms. The van der Waals surface area contributed by atoms with Crippen LogP contribution in [-0.4, -0.2) is 60.7 Å². The molecule has 0 unspecified atom stereocenters. The average Bonchev–Trinajstić information content (AvgIpc) is 3.23. The molecule has 1 aliphatic heterocycles. The second-order valence-corrected chi connectivity index (χ2v) is 6.91. The molecule has 29 heavy (non-hydrogen) atoms. The van der Waals surface area contributed by atoms with Gasteiger partial charge in [-0.3, -0.25) is 20.4 Å². The first kappa shape index (κ1) is 20.7. The number of aryl methyl sites for hydroxylation is 1. The van der Waals surface area contributed by atoms with Crippen LogP contribution in [0.3, 0.4) is 0 Å². The minimum absolute atomic E-state index is 0.0585. The molecule has 1 fully saturated rings. The van der Waals surface area contributed by atoms with Gasteiger partial charge in [-0.2, -0.15) is 0 Å². The fourth-order valence-electron chi connectivity index (χ4n) is 2.62. The molecule has 1 saturated heterocycles. The molecule has 0 radical (unpaired) electrons. The molecule has 0 saturated carbocycles. The van der Waals surface area contributed by atoms with Crippen molar-refractivity contribution in [1.82, 2.24) is 20.8 Å². The molecule has 2 aromatic heterocycles. The summed E-state index contributed by atoms with van der Waals surface area (Å²) >= 11 is 1.35. The number of esters is 1. The molecule has 0 atom stereocenters. The van der Waals surface area contributed by atoms with Crippen molar-refractivity contribution in [2.24, 2.45) is 0 Å². The van der Waals surface area contributed by atoms with Crippen LogP contribution in [0, 0.1) is 6.92 Å². The van der Waals surface area contributed by atoms with Crippen molar-refractivity contribution in [2.75, 3.05) is 37.8 Å². The van der Waals surface area contributed by atoms with Crippen molar-refractivity contribution in [3.05, 3.63) is 40.2 Å². The van der Waals surface area contributed by atoms with Gasteiger partial charge >= 0.3 is 5.97 Å². The van der Waals surface area contributed by atoms with Gasteiger partial charge in [-0.15, -0.1) is 11.3 Å². The first-order valence-electron chi connectivity index (χ1n) is 9.03. The molecule has 0 bridgehead atoms. The van der Waals surface area contributed by atoms with Gasteiger partial charge in [0.1, 0.15) is 11.4 Å². The maximum absolute atomic E-state index is 12.3. The number of hydrogen-bond donors (Lipinski definition) is 2. The van der Waals surface area contributed by atoms with Gasteiger partial charge in [-0.25, -0.2) is 14.8 Å². The Morgan fingerprint density at radius 2 is 1.83 bits per heavy atom. The van der Waals surface area contributed by atoms with Gasteiger partial charge in [-0.1, -0.05) is 0 Å². The number of carbonyl (C=O) groups is 3. The van der Waals surface area contributed by atoms with Crippen LogP contribution in [-0.2, 0) is 9.47 Å². The first-order valence-corrected chi connectivity index (χ1v) is 9.91. The maximum Gasteiger partial charge on any atom is 0.339 e. The summed E-state index contributed by atoms with van der Waals surface area (Å²) in [6.07, 6.45) is 0. The van der Waals surface area contributed by atoms with Crippen molar-refractivity contribution in [1.29, 1.82) is 0 Å². The van der Waals surface area contributed by atoms with Crippen molar-refractivity contribution < 1.29 is 23.9 Å². The van der Waals surface area contributed by atoms with E-state index < -0.39 is 17.8 Å². The summed E-state index contributed by atoms with van der Waals surface area (Å²) in [6.45, 7) is 6.24. The van der Waals surface area contributed by atoms with Gasteiger partial charge in [0.05, 0.1) is 31.1 Å². The van der Waals surface area contributed by atoms with Gasteiger partial charge in [0.25, 0.3) is 11.8 Å². The lowest BCUT2D eigenvalue weighted by molar-refractivity contribution is 0.0524. The van der Waals surface area contributed by atoms with Crippen LogP contribution in [0.4, 0.5) is 5.13 Å². The SMILES string of the molecule is CCOC(=O)c1ccc(C(=O)NNC(=O)c2csc(N3CCOCC3)n2)nc1C. The van der Waals surface area contributed by atoms with E-state index >= 15 is 0 Å². The second kappa shape index (κ2) is 9.43. The van der Waals surface area contributed by atoms with Crippen LogP contribution < -0.4 is 15.8 Å². The Morgan fingerprint density at radius 1 is 1.14 bits per heavy atom. The number of morpholine rings is 1. The molecule has 2 aromatic rings. The normalized spacial score (nSPS) is 13.7. The smallest absolute Gasteiger partial charge is 0.339 e. The van der Waals surface area contributed by atoms with E-state index in [1.807, 2.05) is 4.90 Å². The van der Waals surface area contributed by atoms with Gasteiger partial charge in [0, 0.05) is 18.5 Å². The number of rotatable bonds is 5. The zero-order chi connectivity index (χ0) is 20.8. The zero-order valence-electron chi connectivity index (χ0n) is 16.1. The van der Waals surface area contributed by atoms with Crippen LogP contribution in [0.15, 0.2) is 17.5 Å². The predicted molar refractivity (Wildman–Crippen MR) is 105 cm³/mol. The molecule has 2 N–H and O–H groups in total. The summed E-state index contributed by atoms with van der Waals surface area (Å²) in [5.41, 5.74) is 5.53. The van der Waals surface area contributed by atoms with E-state index in [2.05, 4.69) is 20.8 Å². The number of nitrogens with zero attached hydrogens (tertiary/aromatic N) is 3. The third-order valence-electron chi connectivity index (χ3n) is 4.11. The van der Waals surface area contributed by atoms with E-state index in [0.29, 0.717) is 18.9 Å². The molecule has 11 heteroatoms. The van der Waals surface area contributed by atoms with E-state index in [4.69, 9.17) is 9.47 Å². The van der Waals surface area contributed by atoms with E-state index in [0.717, 1.165) is 18.2 Å². The summed E-state index contributed by atoms with van der Waals surface area (Å²) < 4.78 is 10.2. The van der Waals surface area contributed by atoms with E-state index in [1.165, 1.54) is 23.5 Å². The minimum atomic E-state index is -0.611. The summed E-state index contributed by atoms with van der Waals surface area (Å²) in [5, 5.41) is 2.36. The highest BCUT2D eigenvalue weighted by Crippen LogP contribution is 2.21. The Labute approximate surface area is 171 Å². The monoisotopic (exact) mass is 419 g/mol. The maximum atomic E-state index is 12.3. The third kappa shape index (κ3) is 5.06. The summed E-state index contributed by atoms with van der Waals surface area (Å²) in [6, 6.07) is 2.85. The lowest BCUT2D eigenvalue weighted by atomic mass is 10.2. The Hall–Kier alpha value is -3.05. The number of thiazole rings is 1. The highest BCUT2D eigenvalue weighted by atomic mass is 32.1. The number of aromatic nitrogens is 2. The van der Waals surface area contributed by atoms with Crippen LogP contribution >= 0.6 is 11.3 Å². The van der Waals surface area contributed by atoms with Crippen LogP contribution in [0.2, 0.25) is 0 Å². The number of amides is 2. The molecule has 0 aromatic carbocycles. The standard InChI is InChI=1S/C18H21N5O5S/c1-3-28-17(26)12-4-5-13(19-11(12)2)15(24)21-22-16(25)14-10-29-18(20-14)23-6-8-27-9-7-23/h4-5,10H,3,6-9H2,1-2H3,(H,21,24)(H,22,25). The van der Waals surface area contributed by atoms with Crippen LogP contribution in [0.5, 0.6) is 0 Å². The number of hydrogen-bond acceptors (Lipinski definition) is 9. The Bertz CT molecular complexity index is 910. The Morgan fingerprint density at radius 3 is 2.48 bits per heavy atom.